The number of aryl methyl sites for hydroxylation is 1. The van der Waals surface area contributed by atoms with E-state index in [9.17, 15) is 22.8 Å². The molecular weight excluding hydrogens is 525 g/mol. The molecule has 0 unspecified atom stereocenters. The third-order valence-electron chi connectivity index (χ3n) is 6.04. The highest BCUT2D eigenvalue weighted by atomic mass is 19.4. The van der Waals surface area contributed by atoms with Crippen molar-refractivity contribution in [3.63, 3.8) is 0 Å². The zero-order chi connectivity index (χ0) is 28.9. The highest BCUT2D eigenvalue weighted by molar-refractivity contribution is 6.01. The number of halogens is 3. The standard InChI is InChI=1S/C30H27F3N2O5/c1-4-38-26(36)18-20-10-12-21(13-11-20)22-14-16-23(17-15-22)28-27(19(3)34-40-28)35(29(37)39-5-2)25-9-7-6-8-24(25)30(31,32)33/h6-17H,4-5,18H2,1-3H3. The van der Waals surface area contributed by atoms with Crippen molar-refractivity contribution in [2.75, 3.05) is 18.1 Å². The van der Waals surface area contributed by atoms with E-state index in [0.717, 1.165) is 27.7 Å². The van der Waals surface area contributed by atoms with Crippen molar-refractivity contribution in [1.82, 2.24) is 5.16 Å². The Morgan fingerprint density at radius 2 is 1.43 bits per heavy atom. The van der Waals surface area contributed by atoms with Gasteiger partial charge in [0.25, 0.3) is 0 Å². The van der Waals surface area contributed by atoms with Gasteiger partial charge in [0.2, 0.25) is 0 Å². The number of anilines is 2. The maximum absolute atomic E-state index is 13.9. The third-order valence-corrected chi connectivity index (χ3v) is 6.04. The molecule has 0 aliphatic heterocycles. The summed E-state index contributed by atoms with van der Waals surface area (Å²) in [5, 5.41) is 3.96. The highest BCUT2D eigenvalue weighted by Crippen LogP contribution is 2.44. The van der Waals surface area contributed by atoms with E-state index in [1.54, 1.807) is 26.0 Å². The fourth-order valence-electron chi connectivity index (χ4n) is 4.23. The van der Waals surface area contributed by atoms with Crippen LogP contribution in [-0.2, 0) is 26.9 Å². The Labute approximate surface area is 229 Å². The first-order valence-corrected chi connectivity index (χ1v) is 12.6. The van der Waals surface area contributed by atoms with Crippen LogP contribution >= 0.6 is 0 Å². The summed E-state index contributed by atoms with van der Waals surface area (Å²) in [5.41, 5.74) is 1.91. The zero-order valence-electron chi connectivity index (χ0n) is 22.1. The van der Waals surface area contributed by atoms with Crippen molar-refractivity contribution in [3.8, 4) is 22.5 Å². The number of para-hydroxylation sites is 1. The van der Waals surface area contributed by atoms with Gasteiger partial charge in [0.15, 0.2) is 5.76 Å². The van der Waals surface area contributed by atoms with Gasteiger partial charge in [0.1, 0.15) is 11.4 Å². The molecule has 4 aromatic rings. The van der Waals surface area contributed by atoms with Gasteiger partial charge in [-0.3, -0.25) is 4.79 Å². The minimum atomic E-state index is -4.72. The summed E-state index contributed by atoms with van der Waals surface area (Å²) in [7, 11) is 0. The maximum Gasteiger partial charge on any atom is 0.419 e. The van der Waals surface area contributed by atoms with Crippen molar-refractivity contribution in [2.24, 2.45) is 0 Å². The van der Waals surface area contributed by atoms with Crippen LogP contribution in [0.5, 0.6) is 0 Å². The first-order chi connectivity index (χ1) is 19.1. The molecule has 40 heavy (non-hydrogen) atoms. The van der Waals surface area contributed by atoms with Gasteiger partial charge in [-0.1, -0.05) is 65.8 Å². The highest BCUT2D eigenvalue weighted by Gasteiger charge is 2.38. The van der Waals surface area contributed by atoms with Gasteiger partial charge in [-0.2, -0.15) is 13.2 Å². The van der Waals surface area contributed by atoms with Gasteiger partial charge in [-0.05, 0) is 49.6 Å². The van der Waals surface area contributed by atoms with Crippen LogP contribution in [0, 0.1) is 6.92 Å². The molecule has 3 aromatic carbocycles. The smallest absolute Gasteiger partial charge is 0.419 e. The van der Waals surface area contributed by atoms with E-state index in [1.165, 1.54) is 25.1 Å². The first-order valence-electron chi connectivity index (χ1n) is 12.6. The molecule has 0 saturated heterocycles. The summed E-state index contributed by atoms with van der Waals surface area (Å²) in [6.45, 7) is 5.13. The molecule has 0 aliphatic carbocycles. The van der Waals surface area contributed by atoms with Crippen LogP contribution in [0.25, 0.3) is 22.5 Å². The van der Waals surface area contributed by atoms with Crippen molar-refractivity contribution in [3.05, 3.63) is 89.6 Å². The molecule has 10 heteroatoms. The van der Waals surface area contributed by atoms with Gasteiger partial charge in [-0.15, -0.1) is 0 Å². The number of aromatic nitrogens is 1. The topological polar surface area (TPSA) is 81.9 Å². The number of alkyl halides is 3. The Morgan fingerprint density at radius 1 is 0.850 bits per heavy atom. The largest absolute Gasteiger partial charge is 0.466 e. The molecule has 1 heterocycles. The minimum absolute atomic E-state index is 0.0452. The van der Waals surface area contributed by atoms with Gasteiger partial charge in [-0.25, -0.2) is 9.69 Å². The maximum atomic E-state index is 13.9. The van der Waals surface area contributed by atoms with Gasteiger partial charge in [0, 0.05) is 5.56 Å². The SMILES string of the molecule is CCOC(=O)Cc1ccc(-c2ccc(-c3onc(C)c3N(C(=O)OCC)c3ccccc3C(F)(F)F)cc2)cc1. The molecule has 0 bridgehead atoms. The molecular formula is C30H27F3N2O5. The fraction of sp³-hybridized carbons (Fsp3) is 0.233. The van der Waals surface area contributed by atoms with Crippen LogP contribution in [0.3, 0.4) is 0 Å². The molecule has 0 spiro atoms. The Hall–Kier alpha value is -4.60. The molecule has 0 N–H and O–H groups in total. The lowest BCUT2D eigenvalue weighted by Gasteiger charge is -2.25. The summed E-state index contributed by atoms with van der Waals surface area (Å²) in [4.78, 5) is 25.6. The lowest BCUT2D eigenvalue weighted by Crippen LogP contribution is -2.29. The number of rotatable bonds is 8. The summed E-state index contributed by atoms with van der Waals surface area (Å²) in [5.74, 6) is -0.189. The summed E-state index contributed by atoms with van der Waals surface area (Å²) < 4.78 is 57.4. The monoisotopic (exact) mass is 552 g/mol. The zero-order valence-corrected chi connectivity index (χ0v) is 22.1. The first kappa shape index (κ1) is 28.4. The van der Waals surface area contributed by atoms with Crippen molar-refractivity contribution < 1.29 is 36.8 Å². The summed E-state index contributed by atoms with van der Waals surface area (Å²) in [6, 6.07) is 19.3. The van der Waals surface area contributed by atoms with E-state index in [4.69, 9.17) is 14.0 Å². The minimum Gasteiger partial charge on any atom is -0.466 e. The van der Waals surface area contributed by atoms with Crippen LogP contribution in [0.2, 0.25) is 0 Å². The van der Waals surface area contributed by atoms with Gasteiger partial charge in [0.05, 0.1) is 30.9 Å². The normalized spacial score (nSPS) is 11.2. The molecule has 0 saturated carbocycles. The predicted molar refractivity (Wildman–Crippen MR) is 143 cm³/mol. The second-order valence-corrected chi connectivity index (χ2v) is 8.75. The Balaban J connectivity index is 1.70. The number of benzene rings is 3. The molecule has 0 atom stereocenters. The average Bonchev–Trinajstić information content (AvgIpc) is 3.30. The van der Waals surface area contributed by atoms with Crippen LogP contribution in [0.4, 0.5) is 29.3 Å². The number of nitrogens with zero attached hydrogens (tertiary/aromatic N) is 2. The number of esters is 1. The second-order valence-electron chi connectivity index (χ2n) is 8.75. The number of carbonyl (C=O) groups is 2. The fourth-order valence-corrected chi connectivity index (χ4v) is 4.23. The molecule has 208 valence electrons. The number of hydrogen-bond donors (Lipinski definition) is 0. The molecule has 7 nitrogen and oxygen atoms in total. The van der Waals surface area contributed by atoms with E-state index in [2.05, 4.69) is 5.16 Å². The lowest BCUT2D eigenvalue weighted by molar-refractivity contribution is -0.142. The molecule has 0 fully saturated rings. The Bertz CT molecular complexity index is 1480. The number of amides is 1. The molecule has 0 radical (unpaired) electrons. The van der Waals surface area contributed by atoms with E-state index in [1.807, 2.05) is 36.4 Å². The molecule has 0 aliphatic rings. The summed E-state index contributed by atoms with van der Waals surface area (Å²) in [6.07, 6.45) is -5.54. The quantitative estimate of drug-likeness (QED) is 0.208. The third kappa shape index (κ3) is 6.17. The van der Waals surface area contributed by atoms with Gasteiger partial charge < -0.3 is 14.0 Å². The Morgan fingerprint density at radius 3 is 2.02 bits per heavy atom. The molecule has 1 aromatic heterocycles. The van der Waals surface area contributed by atoms with Gasteiger partial charge >= 0.3 is 18.2 Å². The van der Waals surface area contributed by atoms with Crippen molar-refractivity contribution in [2.45, 2.75) is 33.4 Å². The van der Waals surface area contributed by atoms with Crippen molar-refractivity contribution in [1.29, 1.82) is 0 Å². The van der Waals surface area contributed by atoms with E-state index in [0.29, 0.717) is 12.2 Å². The van der Waals surface area contributed by atoms with E-state index < -0.39 is 23.5 Å². The van der Waals surface area contributed by atoms with Crippen LogP contribution in [0.1, 0.15) is 30.7 Å². The second kappa shape index (κ2) is 12.1. The van der Waals surface area contributed by atoms with Crippen LogP contribution < -0.4 is 4.90 Å². The summed E-state index contributed by atoms with van der Waals surface area (Å²) >= 11 is 0. The predicted octanol–water partition coefficient (Wildman–Crippen LogP) is 7.74. The van der Waals surface area contributed by atoms with Crippen molar-refractivity contribution >= 4 is 23.4 Å². The number of ether oxygens (including phenoxy) is 2. The number of hydrogen-bond acceptors (Lipinski definition) is 6. The van der Waals surface area contributed by atoms with E-state index >= 15 is 0 Å². The average molecular weight is 553 g/mol. The van der Waals surface area contributed by atoms with Crippen LogP contribution in [0.15, 0.2) is 77.3 Å². The number of carbonyl (C=O) groups excluding carboxylic acids is 2. The molecule has 4 rings (SSSR count). The lowest BCUT2D eigenvalue weighted by atomic mass is 10.0. The Kier molecular flexibility index (Phi) is 8.57. The van der Waals surface area contributed by atoms with Crippen LogP contribution in [-0.4, -0.2) is 30.4 Å². The van der Waals surface area contributed by atoms with E-state index in [-0.39, 0.29) is 36.1 Å². The molecule has 1 amide bonds.